The van der Waals surface area contributed by atoms with Crippen molar-refractivity contribution in [1.82, 2.24) is 0 Å². The van der Waals surface area contributed by atoms with Crippen LogP contribution < -0.4 is 9.47 Å². The molecule has 0 amide bonds. The van der Waals surface area contributed by atoms with Crippen LogP contribution in [0.1, 0.15) is 11.1 Å². The molecule has 0 fully saturated rings. The van der Waals surface area contributed by atoms with Crippen molar-refractivity contribution >= 4 is 11.9 Å². The summed E-state index contributed by atoms with van der Waals surface area (Å²) >= 11 is 0. The van der Waals surface area contributed by atoms with Crippen LogP contribution in [0, 0.1) is 0 Å². The Kier molecular flexibility index (Phi) is 7.37. The fraction of sp³-hybridized carbons (Fsp3) is 0.0769. The summed E-state index contributed by atoms with van der Waals surface area (Å²) in [6.07, 6.45) is -8.43. The molecule has 0 saturated heterocycles. The van der Waals surface area contributed by atoms with E-state index in [0.717, 1.165) is 18.2 Å². The Hall–Kier alpha value is -4.34. The van der Waals surface area contributed by atoms with Crippen molar-refractivity contribution in [2.45, 2.75) is 12.4 Å². The standard InChI is InChI=1S/C26H16F6O4/c1-3-23(33)35-17-9-5-15(6-10-17)19-13-20(16-7-11-18(12-8-16)36-24(34)4-2)22(26(30,31)32)14-21(19)25(27,28)29/h3-14H,1-2H2. The van der Waals surface area contributed by atoms with Gasteiger partial charge in [-0.15, -0.1) is 0 Å². The molecule has 0 bridgehead atoms. The fourth-order valence-corrected chi connectivity index (χ4v) is 3.27. The first kappa shape index (κ1) is 26.3. The van der Waals surface area contributed by atoms with E-state index in [4.69, 9.17) is 9.47 Å². The van der Waals surface area contributed by atoms with E-state index in [1.807, 2.05) is 0 Å². The van der Waals surface area contributed by atoms with Gasteiger partial charge in [0.2, 0.25) is 0 Å². The normalized spacial score (nSPS) is 11.5. The van der Waals surface area contributed by atoms with Crippen molar-refractivity contribution in [3.8, 4) is 33.8 Å². The minimum Gasteiger partial charge on any atom is -0.423 e. The Morgan fingerprint density at radius 1 is 0.611 bits per heavy atom. The van der Waals surface area contributed by atoms with Gasteiger partial charge in [-0.05, 0) is 58.7 Å². The number of alkyl halides is 6. The second kappa shape index (κ2) is 10.1. The van der Waals surface area contributed by atoms with Gasteiger partial charge >= 0.3 is 24.3 Å². The van der Waals surface area contributed by atoms with Crippen molar-refractivity contribution in [3.05, 3.63) is 97.1 Å². The summed E-state index contributed by atoms with van der Waals surface area (Å²) in [5, 5.41) is 0. The minimum absolute atomic E-state index is 0.00834. The van der Waals surface area contributed by atoms with E-state index in [2.05, 4.69) is 13.2 Å². The highest BCUT2D eigenvalue weighted by atomic mass is 19.4. The Labute approximate surface area is 201 Å². The lowest BCUT2D eigenvalue weighted by Crippen LogP contribution is -2.14. The van der Waals surface area contributed by atoms with Crippen molar-refractivity contribution in [1.29, 1.82) is 0 Å². The molecular weight excluding hydrogens is 490 g/mol. The van der Waals surface area contributed by atoms with Gasteiger partial charge in [0, 0.05) is 12.2 Å². The van der Waals surface area contributed by atoms with Gasteiger partial charge in [-0.3, -0.25) is 0 Å². The molecule has 0 aromatic heterocycles. The lowest BCUT2D eigenvalue weighted by Gasteiger charge is -2.20. The number of hydrogen-bond donors (Lipinski definition) is 0. The summed E-state index contributed by atoms with van der Waals surface area (Å²) in [5.41, 5.74) is -4.15. The van der Waals surface area contributed by atoms with Gasteiger partial charge in [0.25, 0.3) is 0 Å². The molecule has 0 atom stereocenters. The molecule has 0 aliphatic rings. The largest absolute Gasteiger partial charge is 0.423 e. The maximum Gasteiger partial charge on any atom is 0.417 e. The Bertz CT molecular complexity index is 1210. The summed E-state index contributed by atoms with van der Waals surface area (Å²) in [6.45, 7) is 6.46. The van der Waals surface area contributed by atoms with Crippen LogP contribution in [0.2, 0.25) is 0 Å². The van der Waals surface area contributed by atoms with Gasteiger partial charge in [0.05, 0.1) is 11.1 Å². The van der Waals surface area contributed by atoms with Gasteiger partial charge in [-0.25, -0.2) is 9.59 Å². The molecule has 0 heterocycles. The highest BCUT2D eigenvalue weighted by Crippen LogP contribution is 2.45. The van der Waals surface area contributed by atoms with Gasteiger partial charge in [-0.2, -0.15) is 26.3 Å². The molecule has 0 unspecified atom stereocenters. The van der Waals surface area contributed by atoms with E-state index in [-0.39, 0.29) is 28.7 Å². The molecule has 3 aromatic rings. The second-order valence-electron chi connectivity index (χ2n) is 7.24. The molecule has 186 valence electrons. The molecule has 4 nitrogen and oxygen atoms in total. The monoisotopic (exact) mass is 506 g/mol. The SMILES string of the molecule is C=CC(=O)Oc1ccc(-c2cc(-c3ccc(OC(=O)C=C)cc3)c(C(F)(F)F)cc2C(F)(F)F)cc1. The zero-order valence-corrected chi connectivity index (χ0v) is 18.2. The fourth-order valence-electron chi connectivity index (χ4n) is 3.27. The van der Waals surface area contributed by atoms with Crippen molar-refractivity contribution in [2.75, 3.05) is 0 Å². The minimum atomic E-state index is -5.11. The molecule has 0 spiro atoms. The van der Waals surface area contributed by atoms with Crippen molar-refractivity contribution in [3.63, 3.8) is 0 Å². The summed E-state index contributed by atoms with van der Waals surface area (Å²) in [4.78, 5) is 22.7. The topological polar surface area (TPSA) is 52.6 Å². The van der Waals surface area contributed by atoms with Gasteiger partial charge in [-0.1, -0.05) is 37.4 Å². The summed E-state index contributed by atoms with van der Waals surface area (Å²) in [6, 6.07) is 10.4. The van der Waals surface area contributed by atoms with E-state index in [1.54, 1.807) is 0 Å². The van der Waals surface area contributed by atoms with Gasteiger partial charge < -0.3 is 9.47 Å². The van der Waals surface area contributed by atoms with Crippen molar-refractivity contribution in [2.24, 2.45) is 0 Å². The molecule has 0 aliphatic carbocycles. The van der Waals surface area contributed by atoms with E-state index < -0.39 is 46.5 Å². The van der Waals surface area contributed by atoms with E-state index >= 15 is 0 Å². The number of ether oxygens (including phenoxy) is 2. The third kappa shape index (κ3) is 6.01. The Morgan fingerprint density at radius 2 is 0.944 bits per heavy atom. The van der Waals surface area contributed by atoms with Crippen LogP contribution in [0.15, 0.2) is 86.0 Å². The number of halogens is 6. The molecule has 10 heteroatoms. The van der Waals surface area contributed by atoms with E-state index in [0.29, 0.717) is 0 Å². The molecule has 3 rings (SSSR count). The smallest absolute Gasteiger partial charge is 0.417 e. The molecular formula is C26H16F6O4. The highest BCUT2D eigenvalue weighted by molar-refractivity contribution is 5.84. The zero-order chi connectivity index (χ0) is 26.7. The van der Waals surface area contributed by atoms with Crippen molar-refractivity contribution < 1.29 is 45.4 Å². The quantitative estimate of drug-likeness (QED) is 0.153. The summed E-state index contributed by atoms with van der Waals surface area (Å²) in [5.74, 6) is -1.57. The Balaban J connectivity index is 2.19. The summed E-state index contributed by atoms with van der Waals surface area (Å²) in [7, 11) is 0. The van der Waals surface area contributed by atoms with Crippen LogP contribution in [-0.4, -0.2) is 11.9 Å². The first-order valence-corrected chi connectivity index (χ1v) is 10.0. The lowest BCUT2D eigenvalue weighted by molar-refractivity contribution is -0.142. The van der Waals surface area contributed by atoms with E-state index in [1.165, 1.54) is 48.5 Å². The maximum absolute atomic E-state index is 13.8. The number of rotatable bonds is 6. The van der Waals surface area contributed by atoms with Crippen LogP contribution in [0.25, 0.3) is 22.3 Å². The second-order valence-corrected chi connectivity index (χ2v) is 7.24. The number of carbonyl (C=O) groups is 2. The van der Waals surface area contributed by atoms with Crippen LogP contribution in [-0.2, 0) is 21.9 Å². The van der Waals surface area contributed by atoms with E-state index in [9.17, 15) is 35.9 Å². The molecule has 36 heavy (non-hydrogen) atoms. The predicted molar refractivity (Wildman–Crippen MR) is 119 cm³/mol. The van der Waals surface area contributed by atoms with Crippen LogP contribution in [0.4, 0.5) is 26.3 Å². The third-order valence-corrected chi connectivity index (χ3v) is 4.87. The average Bonchev–Trinajstić information content (AvgIpc) is 2.83. The molecule has 3 aromatic carbocycles. The lowest BCUT2D eigenvalue weighted by atomic mass is 9.90. The van der Waals surface area contributed by atoms with Crippen LogP contribution in [0.5, 0.6) is 11.5 Å². The zero-order valence-electron chi connectivity index (χ0n) is 18.2. The number of hydrogen-bond acceptors (Lipinski definition) is 4. The average molecular weight is 506 g/mol. The molecule has 0 radical (unpaired) electrons. The van der Waals surface area contributed by atoms with Gasteiger partial charge in [0.1, 0.15) is 11.5 Å². The van der Waals surface area contributed by atoms with Gasteiger partial charge in [0.15, 0.2) is 0 Å². The molecule has 0 N–H and O–H groups in total. The number of esters is 2. The molecule has 0 aliphatic heterocycles. The summed E-state index contributed by atoms with van der Waals surface area (Å²) < 4.78 is 92.8. The maximum atomic E-state index is 13.8. The first-order chi connectivity index (χ1) is 16.8. The number of benzene rings is 3. The predicted octanol–water partition coefficient (Wildman–Crippen LogP) is 7.24. The van der Waals surface area contributed by atoms with Crippen LogP contribution >= 0.6 is 0 Å². The first-order valence-electron chi connectivity index (χ1n) is 10.0. The Morgan fingerprint density at radius 3 is 1.22 bits per heavy atom. The van der Waals surface area contributed by atoms with Crippen LogP contribution in [0.3, 0.4) is 0 Å². The highest BCUT2D eigenvalue weighted by Gasteiger charge is 2.40. The number of carbonyl (C=O) groups excluding carboxylic acids is 2. The third-order valence-electron chi connectivity index (χ3n) is 4.87. The molecule has 0 saturated carbocycles.